The highest BCUT2D eigenvalue weighted by Gasteiger charge is 2.07. The van der Waals surface area contributed by atoms with Crippen LogP contribution in [-0.4, -0.2) is 9.78 Å². The van der Waals surface area contributed by atoms with Gasteiger partial charge in [-0.2, -0.15) is 5.10 Å². The van der Waals surface area contributed by atoms with Gasteiger partial charge < -0.3 is 5.73 Å². The quantitative estimate of drug-likeness (QED) is 0.923. The Morgan fingerprint density at radius 3 is 2.69 bits per heavy atom. The van der Waals surface area contributed by atoms with Crippen LogP contribution in [0.4, 0.5) is 14.6 Å². The molecule has 2 aromatic rings. The van der Waals surface area contributed by atoms with Crippen molar-refractivity contribution in [3.05, 3.63) is 46.1 Å². The Balaban J connectivity index is 2.27. The van der Waals surface area contributed by atoms with Gasteiger partial charge in [0.05, 0.1) is 11.0 Å². The van der Waals surface area contributed by atoms with E-state index in [2.05, 4.69) is 21.0 Å². The number of nitrogen functional groups attached to an aromatic ring is 1. The third kappa shape index (κ3) is 2.21. The van der Waals surface area contributed by atoms with Crippen molar-refractivity contribution in [2.45, 2.75) is 6.54 Å². The first-order valence-electron chi connectivity index (χ1n) is 4.48. The van der Waals surface area contributed by atoms with Crippen LogP contribution in [0.3, 0.4) is 0 Å². The lowest BCUT2D eigenvalue weighted by Gasteiger charge is -2.03. The minimum atomic E-state index is -0.595. The Hall–Kier alpha value is -1.43. The molecule has 16 heavy (non-hydrogen) atoms. The zero-order valence-corrected chi connectivity index (χ0v) is 9.71. The number of rotatable bonds is 2. The second kappa shape index (κ2) is 4.21. The van der Waals surface area contributed by atoms with Crippen LogP contribution in [0, 0.1) is 11.6 Å². The van der Waals surface area contributed by atoms with Crippen LogP contribution in [-0.2, 0) is 6.54 Å². The molecule has 6 heteroatoms. The normalized spacial score (nSPS) is 10.7. The third-order valence-electron chi connectivity index (χ3n) is 2.09. The highest BCUT2D eigenvalue weighted by atomic mass is 79.9. The molecule has 0 atom stereocenters. The SMILES string of the molecule is Nc1nn(Cc2ccc(F)cc2F)cc1Br. The highest BCUT2D eigenvalue weighted by molar-refractivity contribution is 9.10. The number of hydrogen-bond donors (Lipinski definition) is 1. The van der Waals surface area contributed by atoms with Gasteiger partial charge in [0.1, 0.15) is 11.6 Å². The molecule has 0 aliphatic rings. The molecule has 0 aliphatic heterocycles. The number of aromatic nitrogens is 2. The fraction of sp³-hybridized carbons (Fsp3) is 0.100. The Morgan fingerprint density at radius 1 is 1.38 bits per heavy atom. The highest BCUT2D eigenvalue weighted by Crippen LogP contribution is 2.18. The largest absolute Gasteiger partial charge is 0.381 e. The van der Waals surface area contributed by atoms with Gasteiger partial charge in [-0.05, 0) is 22.0 Å². The van der Waals surface area contributed by atoms with Crippen LogP contribution in [0.15, 0.2) is 28.9 Å². The minimum Gasteiger partial charge on any atom is -0.381 e. The van der Waals surface area contributed by atoms with Crippen molar-refractivity contribution in [3.8, 4) is 0 Å². The summed E-state index contributed by atoms with van der Waals surface area (Å²) in [5, 5.41) is 3.96. The van der Waals surface area contributed by atoms with Gasteiger partial charge in [-0.3, -0.25) is 4.68 Å². The van der Waals surface area contributed by atoms with E-state index in [1.165, 1.54) is 16.8 Å². The van der Waals surface area contributed by atoms with E-state index in [0.29, 0.717) is 15.9 Å². The van der Waals surface area contributed by atoms with E-state index >= 15 is 0 Å². The van der Waals surface area contributed by atoms with Crippen molar-refractivity contribution in [1.82, 2.24) is 9.78 Å². The van der Waals surface area contributed by atoms with E-state index in [9.17, 15) is 8.78 Å². The number of hydrogen-bond acceptors (Lipinski definition) is 2. The molecule has 0 saturated carbocycles. The van der Waals surface area contributed by atoms with Crippen molar-refractivity contribution in [2.75, 3.05) is 5.73 Å². The monoisotopic (exact) mass is 287 g/mol. The van der Waals surface area contributed by atoms with Gasteiger partial charge in [-0.15, -0.1) is 0 Å². The van der Waals surface area contributed by atoms with E-state index in [1.807, 2.05) is 0 Å². The molecule has 0 fully saturated rings. The van der Waals surface area contributed by atoms with Crippen molar-refractivity contribution in [2.24, 2.45) is 0 Å². The summed E-state index contributed by atoms with van der Waals surface area (Å²) in [7, 11) is 0. The molecule has 1 aromatic heterocycles. The molecule has 84 valence electrons. The number of anilines is 1. The molecule has 3 nitrogen and oxygen atoms in total. The molecule has 1 aromatic carbocycles. The van der Waals surface area contributed by atoms with Crippen LogP contribution in [0.25, 0.3) is 0 Å². The number of nitrogens with zero attached hydrogens (tertiary/aromatic N) is 2. The summed E-state index contributed by atoms with van der Waals surface area (Å²) in [6, 6.07) is 3.44. The lowest BCUT2D eigenvalue weighted by atomic mass is 10.2. The predicted molar refractivity (Wildman–Crippen MR) is 59.8 cm³/mol. The molecule has 1 heterocycles. The van der Waals surface area contributed by atoms with E-state index in [0.717, 1.165) is 6.07 Å². The molecular weight excluding hydrogens is 280 g/mol. The summed E-state index contributed by atoms with van der Waals surface area (Å²) in [6.45, 7) is 0.210. The Kier molecular flexibility index (Phi) is 2.91. The molecule has 2 rings (SSSR count). The summed E-state index contributed by atoms with van der Waals surface area (Å²) in [5.74, 6) is -0.852. The molecular formula is C10H8BrF2N3. The minimum absolute atomic E-state index is 0.210. The Bertz CT molecular complexity index is 505. The lowest BCUT2D eigenvalue weighted by molar-refractivity contribution is 0.559. The van der Waals surface area contributed by atoms with Gasteiger partial charge in [0.2, 0.25) is 0 Å². The first-order valence-corrected chi connectivity index (χ1v) is 5.28. The maximum absolute atomic E-state index is 13.3. The van der Waals surface area contributed by atoms with Crippen LogP contribution in [0.5, 0.6) is 0 Å². The Morgan fingerprint density at radius 2 is 2.12 bits per heavy atom. The summed E-state index contributed by atoms with van der Waals surface area (Å²) in [4.78, 5) is 0. The lowest BCUT2D eigenvalue weighted by Crippen LogP contribution is -2.03. The summed E-state index contributed by atoms with van der Waals surface area (Å²) >= 11 is 3.20. The Labute approximate surface area is 99.0 Å². The third-order valence-corrected chi connectivity index (χ3v) is 2.70. The topological polar surface area (TPSA) is 43.8 Å². The fourth-order valence-corrected chi connectivity index (χ4v) is 1.63. The summed E-state index contributed by atoms with van der Waals surface area (Å²) in [5.41, 5.74) is 5.88. The number of benzene rings is 1. The molecule has 0 spiro atoms. The van der Waals surface area contributed by atoms with Crippen molar-refractivity contribution < 1.29 is 8.78 Å². The van der Waals surface area contributed by atoms with Crippen molar-refractivity contribution in [1.29, 1.82) is 0 Å². The van der Waals surface area contributed by atoms with E-state index in [-0.39, 0.29) is 6.54 Å². The second-order valence-corrected chi connectivity index (χ2v) is 4.15. The molecule has 0 radical (unpaired) electrons. The molecule has 2 N–H and O–H groups in total. The van der Waals surface area contributed by atoms with Gasteiger partial charge >= 0.3 is 0 Å². The number of halogens is 3. The maximum Gasteiger partial charge on any atom is 0.159 e. The van der Waals surface area contributed by atoms with Crippen molar-refractivity contribution >= 4 is 21.7 Å². The zero-order chi connectivity index (χ0) is 11.7. The fourth-order valence-electron chi connectivity index (χ4n) is 1.32. The van der Waals surface area contributed by atoms with Gasteiger partial charge in [0, 0.05) is 17.8 Å². The zero-order valence-electron chi connectivity index (χ0n) is 8.12. The van der Waals surface area contributed by atoms with Gasteiger partial charge in [-0.1, -0.05) is 6.07 Å². The van der Waals surface area contributed by atoms with Crippen molar-refractivity contribution in [3.63, 3.8) is 0 Å². The first-order chi connectivity index (χ1) is 7.56. The second-order valence-electron chi connectivity index (χ2n) is 3.30. The first kappa shape index (κ1) is 11.1. The van der Waals surface area contributed by atoms with E-state index in [1.54, 1.807) is 6.20 Å². The van der Waals surface area contributed by atoms with Crippen LogP contribution in [0.1, 0.15) is 5.56 Å². The molecule has 0 bridgehead atoms. The summed E-state index contributed by atoms with van der Waals surface area (Å²) in [6.07, 6.45) is 1.64. The standard InChI is InChI=1S/C10H8BrF2N3/c11-8-5-16(15-10(8)14)4-6-1-2-7(12)3-9(6)13/h1-3,5H,4H2,(H2,14,15). The maximum atomic E-state index is 13.3. The average molecular weight is 288 g/mol. The average Bonchev–Trinajstić information content (AvgIpc) is 2.51. The van der Waals surface area contributed by atoms with Gasteiger partial charge in [-0.25, -0.2) is 8.78 Å². The molecule has 0 amide bonds. The van der Waals surface area contributed by atoms with E-state index in [4.69, 9.17) is 5.73 Å². The van der Waals surface area contributed by atoms with Gasteiger partial charge in [0.25, 0.3) is 0 Å². The van der Waals surface area contributed by atoms with Gasteiger partial charge in [0.15, 0.2) is 5.82 Å². The number of nitrogens with two attached hydrogens (primary N) is 1. The molecule has 0 aliphatic carbocycles. The van der Waals surface area contributed by atoms with E-state index < -0.39 is 11.6 Å². The predicted octanol–water partition coefficient (Wildman–Crippen LogP) is 2.55. The smallest absolute Gasteiger partial charge is 0.159 e. The van der Waals surface area contributed by atoms with Crippen LogP contribution < -0.4 is 5.73 Å². The van der Waals surface area contributed by atoms with Crippen LogP contribution in [0.2, 0.25) is 0 Å². The molecule has 0 saturated heterocycles. The summed E-state index contributed by atoms with van der Waals surface area (Å²) < 4.78 is 28.1. The molecule has 0 unspecified atom stereocenters. The van der Waals surface area contributed by atoms with Crippen LogP contribution >= 0.6 is 15.9 Å².